The second-order valence-corrected chi connectivity index (χ2v) is 4.46. The third-order valence-electron chi connectivity index (χ3n) is 2.99. The number of hydrogen-bond acceptors (Lipinski definition) is 2. The molecular weight excluding hydrogens is 196 g/mol. The van der Waals surface area contributed by atoms with E-state index in [9.17, 15) is 0 Å². The number of rotatable bonds is 6. The zero-order chi connectivity index (χ0) is 12.0. The van der Waals surface area contributed by atoms with Gasteiger partial charge >= 0.3 is 0 Å². The standard InChI is InChI=1S/C14H24N2/c1-3-5-13(15)11-7-9-12(10-8-11)14(16)6-4-2/h7-10,13-14H,3-6,15-16H2,1-2H3/t13-,14-/m1/s1. The minimum atomic E-state index is 0.168. The normalized spacial score (nSPS) is 14.8. The molecule has 2 heteroatoms. The van der Waals surface area contributed by atoms with Crippen molar-refractivity contribution in [3.05, 3.63) is 35.4 Å². The van der Waals surface area contributed by atoms with Crippen molar-refractivity contribution >= 4 is 0 Å². The molecule has 0 saturated heterocycles. The highest BCUT2D eigenvalue weighted by Crippen LogP contribution is 2.20. The number of hydrogen-bond donors (Lipinski definition) is 2. The molecule has 1 aromatic carbocycles. The second kappa shape index (κ2) is 6.66. The van der Waals surface area contributed by atoms with Crippen LogP contribution in [0.1, 0.15) is 62.7 Å². The molecule has 0 heterocycles. The van der Waals surface area contributed by atoms with Gasteiger partial charge in [0.1, 0.15) is 0 Å². The summed E-state index contributed by atoms with van der Waals surface area (Å²) in [4.78, 5) is 0. The Bertz CT molecular complexity index is 261. The van der Waals surface area contributed by atoms with Crippen LogP contribution < -0.4 is 11.5 Å². The van der Waals surface area contributed by atoms with Gasteiger partial charge < -0.3 is 11.5 Å². The van der Waals surface area contributed by atoms with Crippen LogP contribution in [-0.2, 0) is 0 Å². The molecule has 0 fully saturated rings. The van der Waals surface area contributed by atoms with Crippen LogP contribution >= 0.6 is 0 Å². The van der Waals surface area contributed by atoms with E-state index >= 15 is 0 Å². The first-order chi connectivity index (χ1) is 7.69. The van der Waals surface area contributed by atoms with Gasteiger partial charge in [0, 0.05) is 12.1 Å². The molecule has 2 nitrogen and oxygen atoms in total. The van der Waals surface area contributed by atoms with E-state index < -0.39 is 0 Å². The molecule has 0 radical (unpaired) electrons. The Hall–Kier alpha value is -0.860. The van der Waals surface area contributed by atoms with Gasteiger partial charge in [-0.1, -0.05) is 51.0 Å². The number of nitrogens with two attached hydrogens (primary N) is 2. The second-order valence-electron chi connectivity index (χ2n) is 4.46. The maximum atomic E-state index is 6.06. The molecule has 0 aliphatic heterocycles. The van der Waals surface area contributed by atoms with E-state index in [1.807, 2.05) is 0 Å². The largest absolute Gasteiger partial charge is 0.324 e. The smallest absolute Gasteiger partial charge is 0.0294 e. The molecule has 2 atom stereocenters. The van der Waals surface area contributed by atoms with E-state index in [4.69, 9.17) is 11.5 Å². The minimum absolute atomic E-state index is 0.168. The molecule has 0 bridgehead atoms. The van der Waals surface area contributed by atoms with E-state index in [0.717, 1.165) is 25.7 Å². The molecule has 0 amide bonds. The lowest BCUT2D eigenvalue weighted by atomic mass is 9.98. The third kappa shape index (κ3) is 3.62. The molecule has 0 aliphatic carbocycles. The molecule has 0 unspecified atom stereocenters. The van der Waals surface area contributed by atoms with E-state index in [1.54, 1.807) is 0 Å². The highest BCUT2D eigenvalue weighted by molar-refractivity contribution is 5.26. The van der Waals surface area contributed by atoms with Crippen molar-refractivity contribution in [3.63, 3.8) is 0 Å². The summed E-state index contributed by atoms with van der Waals surface area (Å²) < 4.78 is 0. The Morgan fingerprint density at radius 3 is 1.38 bits per heavy atom. The van der Waals surface area contributed by atoms with Gasteiger partial charge in [-0.15, -0.1) is 0 Å². The van der Waals surface area contributed by atoms with Crippen molar-refractivity contribution in [1.82, 2.24) is 0 Å². The summed E-state index contributed by atoms with van der Waals surface area (Å²) in [6, 6.07) is 8.80. The van der Waals surface area contributed by atoms with E-state index in [1.165, 1.54) is 11.1 Å². The van der Waals surface area contributed by atoms with Gasteiger partial charge in [0.15, 0.2) is 0 Å². The zero-order valence-corrected chi connectivity index (χ0v) is 10.4. The van der Waals surface area contributed by atoms with Crippen LogP contribution in [-0.4, -0.2) is 0 Å². The van der Waals surface area contributed by atoms with E-state index in [2.05, 4.69) is 38.1 Å². The van der Waals surface area contributed by atoms with Gasteiger partial charge in [-0.2, -0.15) is 0 Å². The fourth-order valence-electron chi connectivity index (χ4n) is 1.95. The average molecular weight is 220 g/mol. The highest BCUT2D eigenvalue weighted by Gasteiger charge is 2.07. The topological polar surface area (TPSA) is 52.0 Å². The molecule has 0 spiro atoms. The molecule has 16 heavy (non-hydrogen) atoms. The van der Waals surface area contributed by atoms with Gasteiger partial charge in [-0.3, -0.25) is 0 Å². The predicted molar refractivity (Wildman–Crippen MR) is 70.1 cm³/mol. The summed E-state index contributed by atoms with van der Waals surface area (Å²) in [7, 11) is 0. The molecule has 4 N–H and O–H groups in total. The van der Waals surface area contributed by atoms with E-state index in [0.29, 0.717) is 0 Å². The molecule has 90 valence electrons. The molecular formula is C14H24N2. The first-order valence-electron chi connectivity index (χ1n) is 6.30. The van der Waals surface area contributed by atoms with Crippen LogP contribution in [0.2, 0.25) is 0 Å². The lowest BCUT2D eigenvalue weighted by molar-refractivity contribution is 0.628. The van der Waals surface area contributed by atoms with Crippen molar-refractivity contribution in [2.75, 3.05) is 0 Å². The molecule has 1 aromatic rings. The van der Waals surface area contributed by atoms with Crippen LogP contribution in [0.4, 0.5) is 0 Å². The summed E-state index contributed by atoms with van der Waals surface area (Å²) >= 11 is 0. The summed E-state index contributed by atoms with van der Waals surface area (Å²) in [5.41, 5.74) is 14.6. The lowest BCUT2D eigenvalue weighted by Gasteiger charge is -2.14. The van der Waals surface area contributed by atoms with Gasteiger partial charge in [-0.05, 0) is 24.0 Å². The maximum absolute atomic E-state index is 6.06. The van der Waals surface area contributed by atoms with Crippen molar-refractivity contribution in [2.24, 2.45) is 11.5 Å². The molecule has 0 aliphatic rings. The van der Waals surface area contributed by atoms with Gasteiger partial charge in [-0.25, -0.2) is 0 Å². The zero-order valence-electron chi connectivity index (χ0n) is 10.4. The van der Waals surface area contributed by atoms with Crippen LogP contribution in [0, 0.1) is 0 Å². The van der Waals surface area contributed by atoms with Crippen molar-refractivity contribution in [3.8, 4) is 0 Å². The number of benzene rings is 1. The Morgan fingerprint density at radius 2 is 1.12 bits per heavy atom. The minimum Gasteiger partial charge on any atom is -0.324 e. The van der Waals surface area contributed by atoms with Crippen LogP contribution in [0.3, 0.4) is 0 Å². The summed E-state index contributed by atoms with van der Waals surface area (Å²) in [5, 5.41) is 0. The van der Waals surface area contributed by atoms with Crippen molar-refractivity contribution in [1.29, 1.82) is 0 Å². The lowest BCUT2D eigenvalue weighted by Crippen LogP contribution is -2.12. The predicted octanol–water partition coefficient (Wildman–Crippen LogP) is 3.29. The SMILES string of the molecule is CCC[C@@H](N)c1ccc([C@H](N)CCC)cc1. The van der Waals surface area contributed by atoms with Crippen LogP contribution in [0.25, 0.3) is 0 Å². The molecule has 0 saturated carbocycles. The van der Waals surface area contributed by atoms with Gasteiger partial charge in [0.2, 0.25) is 0 Å². The first kappa shape index (κ1) is 13.2. The fourth-order valence-corrected chi connectivity index (χ4v) is 1.95. The quantitative estimate of drug-likeness (QED) is 0.773. The summed E-state index contributed by atoms with van der Waals surface area (Å²) in [5.74, 6) is 0. The Kier molecular flexibility index (Phi) is 5.50. The van der Waals surface area contributed by atoms with Crippen LogP contribution in [0.5, 0.6) is 0 Å². The van der Waals surface area contributed by atoms with Crippen LogP contribution in [0.15, 0.2) is 24.3 Å². The Morgan fingerprint density at radius 1 is 0.812 bits per heavy atom. The summed E-state index contributed by atoms with van der Waals surface area (Å²) in [6.07, 6.45) is 4.33. The monoisotopic (exact) mass is 220 g/mol. The van der Waals surface area contributed by atoms with E-state index in [-0.39, 0.29) is 12.1 Å². The third-order valence-corrected chi connectivity index (χ3v) is 2.99. The highest BCUT2D eigenvalue weighted by atomic mass is 14.6. The fraction of sp³-hybridized carbons (Fsp3) is 0.571. The maximum Gasteiger partial charge on any atom is 0.0294 e. The molecule has 0 aromatic heterocycles. The van der Waals surface area contributed by atoms with Crippen molar-refractivity contribution < 1.29 is 0 Å². The first-order valence-corrected chi connectivity index (χ1v) is 6.30. The van der Waals surface area contributed by atoms with Gasteiger partial charge in [0.05, 0.1) is 0 Å². The summed E-state index contributed by atoms with van der Waals surface area (Å²) in [6.45, 7) is 4.32. The Balaban J connectivity index is 2.67. The Labute approximate surface area is 99.0 Å². The van der Waals surface area contributed by atoms with Gasteiger partial charge in [0.25, 0.3) is 0 Å². The molecule has 1 rings (SSSR count). The average Bonchev–Trinajstić information content (AvgIpc) is 2.30. The van der Waals surface area contributed by atoms with Crippen molar-refractivity contribution in [2.45, 2.75) is 51.6 Å².